The minimum Gasteiger partial charge on any atom is -0.166 e. The van der Waals surface area contributed by atoms with Gasteiger partial charge in [-0.15, -0.1) is 0 Å². The number of halogens is 12. The summed E-state index contributed by atoms with van der Waals surface area (Å²) in [6.07, 6.45) is -21.6. The lowest BCUT2D eigenvalue weighted by atomic mass is 9.84. The van der Waals surface area contributed by atoms with Crippen LogP contribution in [0.3, 0.4) is 0 Å². The molecule has 0 nitrogen and oxygen atoms in total. The summed E-state index contributed by atoms with van der Waals surface area (Å²) in [5, 5.41) is 0. The van der Waals surface area contributed by atoms with Gasteiger partial charge in [-0.1, -0.05) is 26.8 Å². The van der Waals surface area contributed by atoms with Crippen LogP contribution in [0.25, 0.3) is 0 Å². The SMILES string of the molecule is CC(C)c1cc(C(F)(F)F)cc(CC(C)c2ccc(C(F)(F)F)c(C(F)(F)F)c2)c1C(F)(F)F. The van der Waals surface area contributed by atoms with Gasteiger partial charge >= 0.3 is 24.7 Å². The fourth-order valence-corrected chi connectivity index (χ4v) is 3.65. The average Bonchev–Trinajstić information content (AvgIpc) is 2.63. The molecule has 0 fully saturated rings. The van der Waals surface area contributed by atoms with Gasteiger partial charge in [-0.3, -0.25) is 0 Å². The first-order valence-corrected chi connectivity index (χ1v) is 9.73. The van der Waals surface area contributed by atoms with Crippen molar-refractivity contribution in [3.8, 4) is 0 Å². The normalized spacial score (nSPS) is 14.6. The lowest BCUT2D eigenvalue weighted by Crippen LogP contribution is -2.19. The third-order valence-corrected chi connectivity index (χ3v) is 5.23. The van der Waals surface area contributed by atoms with Crippen LogP contribution in [0.15, 0.2) is 30.3 Å². The fourth-order valence-electron chi connectivity index (χ4n) is 3.65. The van der Waals surface area contributed by atoms with Crippen molar-refractivity contribution in [1.29, 1.82) is 0 Å². The zero-order valence-corrected chi connectivity index (χ0v) is 17.8. The average molecular weight is 510 g/mol. The maximum atomic E-state index is 13.8. The molecule has 2 rings (SSSR count). The van der Waals surface area contributed by atoms with Crippen molar-refractivity contribution >= 4 is 0 Å². The van der Waals surface area contributed by atoms with Gasteiger partial charge < -0.3 is 0 Å². The molecule has 0 amide bonds. The zero-order chi connectivity index (χ0) is 26.4. The van der Waals surface area contributed by atoms with E-state index in [-0.39, 0.29) is 18.2 Å². The molecule has 190 valence electrons. The molecule has 34 heavy (non-hydrogen) atoms. The van der Waals surface area contributed by atoms with Gasteiger partial charge in [-0.05, 0) is 59.2 Å². The summed E-state index contributed by atoms with van der Waals surface area (Å²) in [7, 11) is 0. The van der Waals surface area contributed by atoms with E-state index in [0.29, 0.717) is 12.1 Å². The Balaban J connectivity index is 2.68. The van der Waals surface area contributed by atoms with Crippen molar-refractivity contribution in [2.24, 2.45) is 0 Å². The minimum absolute atomic E-state index is 0.158. The molecule has 0 aliphatic rings. The highest BCUT2D eigenvalue weighted by Gasteiger charge is 2.44. The second-order valence-corrected chi connectivity index (χ2v) is 8.16. The zero-order valence-electron chi connectivity index (χ0n) is 17.8. The molecule has 0 N–H and O–H groups in total. The maximum Gasteiger partial charge on any atom is 0.417 e. The van der Waals surface area contributed by atoms with E-state index in [0.717, 1.165) is 6.92 Å². The molecule has 0 saturated heterocycles. The van der Waals surface area contributed by atoms with Gasteiger partial charge in [0.1, 0.15) is 0 Å². The summed E-state index contributed by atoms with van der Waals surface area (Å²) in [6.45, 7) is 3.63. The van der Waals surface area contributed by atoms with Crippen molar-refractivity contribution in [3.63, 3.8) is 0 Å². The highest BCUT2D eigenvalue weighted by atomic mass is 19.4. The molecule has 0 aromatic heterocycles. The molecule has 0 heterocycles. The van der Waals surface area contributed by atoms with Crippen LogP contribution in [0.2, 0.25) is 0 Å². The first-order valence-electron chi connectivity index (χ1n) is 9.73. The Morgan fingerprint density at radius 1 is 0.618 bits per heavy atom. The number of hydrogen-bond acceptors (Lipinski definition) is 0. The second-order valence-electron chi connectivity index (χ2n) is 8.16. The van der Waals surface area contributed by atoms with Crippen LogP contribution in [0.4, 0.5) is 52.7 Å². The topological polar surface area (TPSA) is 0 Å². The van der Waals surface area contributed by atoms with Crippen molar-refractivity contribution < 1.29 is 52.7 Å². The largest absolute Gasteiger partial charge is 0.417 e. The van der Waals surface area contributed by atoms with Crippen LogP contribution in [-0.4, -0.2) is 0 Å². The predicted molar refractivity (Wildman–Crippen MR) is 99.1 cm³/mol. The summed E-state index contributed by atoms with van der Waals surface area (Å²) in [5.41, 5.74) is -8.59. The number of benzene rings is 2. The first kappa shape index (κ1) is 27.8. The minimum atomic E-state index is -5.42. The summed E-state index contributed by atoms with van der Waals surface area (Å²) in [4.78, 5) is 0. The predicted octanol–water partition coefficient (Wildman–Crippen LogP) is 9.23. The van der Waals surface area contributed by atoms with Crippen LogP contribution in [-0.2, 0) is 31.1 Å². The van der Waals surface area contributed by atoms with E-state index >= 15 is 0 Å². The third-order valence-electron chi connectivity index (χ3n) is 5.23. The quantitative estimate of drug-likeness (QED) is 0.360. The molecule has 1 unspecified atom stereocenters. The van der Waals surface area contributed by atoms with Crippen LogP contribution >= 0.6 is 0 Å². The lowest BCUT2D eigenvalue weighted by Gasteiger charge is -2.24. The molecule has 2 aromatic carbocycles. The van der Waals surface area contributed by atoms with Gasteiger partial charge in [0, 0.05) is 0 Å². The van der Waals surface area contributed by atoms with Crippen molar-refractivity contribution in [1.82, 2.24) is 0 Å². The molecule has 0 aliphatic heterocycles. The maximum absolute atomic E-state index is 13.8. The first-order chi connectivity index (χ1) is 15.1. The van der Waals surface area contributed by atoms with Crippen molar-refractivity contribution in [2.45, 2.75) is 63.7 Å². The highest BCUT2D eigenvalue weighted by molar-refractivity contribution is 5.45. The molecule has 0 aliphatic carbocycles. The van der Waals surface area contributed by atoms with Crippen LogP contribution in [0.5, 0.6) is 0 Å². The highest BCUT2D eigenvalue weighted by Crippen LogP contribution is 2.44. The lowest BCUT2D eigenvalue weighted by molar-refractivity contribution is -0.162. The molecule has 12 heteroatoms. The van der Waals surface area contributed by atoms with E-state index < -0.39 is 81.9 Å². The van der Waals surface area contributed by atoms with Gasteiger partial charge in [0.25, 0.3) is 0 Å². The van der Waals surface area contributed by atoms with Crippen LogP contribution in [0, 0.1) is 0 Å². The smallest absolute Gasteiger partial charge is 0.166 e. The van der Waals surface area contributed by atoms with E-state index in [1.54, 1.807) is 0 Å². The Morgan fingerprint density at radius 3 is 1.56 bits per heavy atom. The Bertz CT molecular complexity index is 1020. The Labute approximate surface area is 186 Å². The van der Waals surface area contributed by atoms with Crippen molar-refractivity contribution in [3.05, 3.63) is 69.3 Å². The summed E-state index contributed by atoms with van der Waals surface area (Å²) in [6, 6.07) is 1.65. The second kappa shape index (κ2) is 8.99. The van der Waals surface area contributed by atoms with Gasteiger partial charge in [0.2, 0.25) is 0 Å². The Morgan fingerprint density at radius 2 is 1.15 bits per heavy atom. The Kier molecular flexibility index (Phi) is 7.36. The fraction of sp³-hybridized carbons (Fsp3) is 0.455. The molecule has 2 aromatic rings. The molecule has 0 bridgehead atoms. The van der Waals surface area contributed by atoms with Gasteiger partial charge in [0.05, 0.1) is 22.3 Å². The molecule has 1 atom stereocenters. The number of rotatable bonds is 4. The number of hydrogen-bond donors (Lipinski definition) is 0. The monoisotopic (exact) mass is 510 g/mol. The summed E-state index contributed by atoms with van der Waals surface area (Å²) >= 11 is 0. The van der Waals surface area contributed by atoms with E-state index in [9.17, 15) is 52.7 Å². The van der Waals surface area contributed by atoms with Crippen LogP contribution in [0.1, 0.15) is 71.6 Å². The van der Waals surface area contributed by atoms with Crippen LogP contribution < -0.4 is 0 Å². The summed E-state index contributed by atoms with van der Waals surface area (Å²) < 4.78 is 160. The molecule has 0 saturated carbocycles. The molecule has 0 radical (unpaired) electrons. The number of alkyl halides is 12. The van der Waals surface area contributed by atoms with Gasteiger partial charge in [-0.25, -0.2) is 0 Å². The molecular formula is C22H18F12. The third kappa shape index (κ3) is 6.18. The van der Waals surface area contributed by atoms with E-state index in [1.165, 1.54) is 13.8 Å². The van der Waals surface area contributed by atoms with Crippen molar-refractivity contribution in [2.75, 3.05) is 0 Å². The Hall–Kier alpha value is -2.40. The molecule has 0 spiro atoms. The molecular weight excluding hydrogens is 492 g/mol. The summed E-state index contributed by atoms with van der Waals surface area (Å²) in [5.74, 6) is -2.25. The standard InChI is InChI=1S/C22H18F12/c1-10(2)15-9-14(19(23,24)25)7-13(18(15)22(32,33)34)6-11(3)12-4-5-16(20(26,27)28)17(8-12)21(29,30)31/h4-5,7-11H,6H2,1-3H3. The van der Waals surface area contributed by atoms with E-state index in [4.69, 9.17) is 0 Å². The van der Waals surface area contributed by atoms with E-state index in [2.05, 4.69) is 0 Å². The van der Waals surface area contributed by atoms with Gasteiger partial charge in [-0.2, -0.15) is 52.7 Å². The van der Waals surface area contributed by atoms with E-state index in [1.807, 2.05) is 0 Å². The van der Waals surface area contributed by atoms with Gasteiger partial charge in [0.15, 0.2) is 0 Å².